The Kier molecular flexibility index (Phi) is 2.63. The van der Waals surface area contributed by atoms with Gasteiger partial charge in [0.2, 0.25) is 0 Å². The average molecular weight is 152 g/mol. The molecule has 0 aromatic heterocycles. The highest BCUT2D eigenvalue weighted by Crippen LogP contribution is 2.15. The maximum atomic E-state index is 9.35. The third-order valence-corrected chi connectivity index (χ3v) is 1.60. The van der Waals surface area contributed by atoms with Crippen molar-refractivity contribution in [3.05, 3.63) is 35.9 Å². The van der Waals surface area contributed by atoms with E-state index >= 15 is 0 Å². The van der Waals surface area contributed by atoms with Gasteiger partial charge in [-0.2, -0.15) is 0 Å². The van der Waals surface area contributed by atoms with Gasteiger partial charge in [0.15, 0.2) is 0 Å². The first-order valence-corrected chi connectivity index (χ1v) is 3.63. The van der Waals surface area contributed by atoms with Crippen molar-refractivity contribution in [2.75, 3.05) is 0 Å². The largest absolute Gasteiger partial charge is 0.390 e. The molecule has 0 fully saturated rings. The van der Waals surface area contributed by atoms with Gasteiger partial charge in [-0.1, -0.05) is 30.3 Å². The van der Waals surface area contributed by atoms with E-state index in [2.05, 4.69) is 0 Å². The molecule has 0 aliphatic heterocycles. The summed E-state index contributed by atoms with van der Waals surface area (Å²) in [5, 5.41) is 18.4. The lowest BCUT2D eigenvalue weighted by Crippen LogP contribution is -2.13. The molecule has 0 heterocycles. The summed E-state index contributed by atoms with van der Waals surface area (Å²) < 4.78 is 0. The van der Waals surface area contributed by atoms with Gasteiger partial charge < -0.3 is 10.2 Å². The predicted molar refractivity (Wildman–Crippen MR) is 43.1 cm³/mol. The topological polar surface area (TPSA) is 40.5 Å². The zero-order valence-electron chi connectivity index (χ0n) is 6.44. The minimum absolute atomic E-state index is 0.711. The molecule has 11 heavy (non-hydrogen) atoms. The first kappa shape index (κ1) is 8.24. The first-order chi connectivity index (χ1) is 5.22. The smallest absolute Gasteiger partial charge is 0.105 e. The first-order valence-electron chi connectivity index (χ1n) is 3.63. The number of hydrogen-bond acceptors (Lipinski definition) is 2. The average Bonchev–Trinajstić information content (AvgIpc) is 2.05. The molecule has 0 unspecified atom stereocenters. The van der Waals surface area contributed by atoms with Crippen LogP contribution in [0.25, 0.3) is 0 Å². The van der Waals surface area contributed by atoms with Crippen molar-refractivity contribution in [2.24, 2.45) is 0 Å². The molecule has 0 amide bonds. The summed E-state index contributed by atoms with van der Waals surface area (Å²) in [6.07, 6.45) is -1.48. The zero-order chi connectivity index (χ0) is 8.27. The fourth-order valence-corrected chi connectivity index (χ4v) is 0.929. The molecule has 1 aromatic rings. The SMILES string of the molecule is C[C@@H](O)[C@H](O)c1ccccc1. The van der Waals surface area contributed by atoms with Crippen molar-refractivity contribution in [2.45, 2.75) is 19.1 Å². The Morgan fingerprint density at radius 1 is 1.09 bits per heavy atom. The number of aliphatic hydroxyl groups is 2. The summed E-state index contributed by atoms with van der Waals surface area (Å²) in [6, 6.07) is 9.12. The van der Waals surface area contributed by atoms with Crippen LogP contribution in [-0.2, 0) is 0 Å². The molecule has 2 nitrogen and oxygen atoms in total. The summed E-state index contributed by atoms with van der Waals surface area (Å²) in [7, 11) is 0. The van der Waals surface area contributed by atoms with Crippen LogP contribution in [0.3, 0.4) is 0 Å². The van der Waals surface area contributed by atoms with Crippen LogP contribution in [0.2, 0.25) is 0 Å². The molecule has 0 bridgehead atoms. The molecular formula is C9H12O2. The summed E-state index contributed by atoms with van der Waals surface area (Å²) in [5.74, 6) is 0. The second kappa shape index (κ2) is 3.51. The molecule has 0 saturated carbocycles. The molecule has 1 rings (SSSR count). The highest BCUT2D eigenvalue weighted by Gasteiger charge is 2.11. The standard InChI is InChI=1S/C9H12O2/c1-7(10)9(11)8-5-3-2-4-6-8/h2-7,9-11H,1H3/t7-,9+/m1/s1. The van der Waals surface area contributed by atoms with Gasteiger partial charge in [0.05, 0.1) is 6.10 Å². The minimum atomic E-state index is -0.767. The number of hydrogen-bond donors (Lipinski definition) is 2. The van der Waals surface area contributed by atoms with Crippen LogP contribution >= 0.6 is 0 Å². The van der Waals surface area contributed by atoms with E-state index in [1.807, 2.05) is 18.2 Å². The van der Waals surface area contributed by atoms with Gasteiger partial charge in [-0.25, -0.2) is 0 Å². The van der Waals surface area contributed by atoms with Crippen molar-refractivity contribution >= 4 is 0 Å². The van der Waals surface area contributed by atoms with Gasteiger partial charge >= 0.3 is 0 Å². The van der Waals surface area contributed by atoms with Crippen LogP contribution in [-0.4, -0.2) is 16.3 Å². The second-order valence-corrected chi connectivity index (χ2v) is 2.60. The van der Waals surface area contributed by atoms with E-state index < -0.39 is 12.2 Å². The van der Waals surface area contributed by atoms with Gasteiger partial charge in [-0.15, -0.1) is 0 Å². The van der Waals surface area contributed by atoms with Crippen LogP contribution in [0.5, 0.6) is 0 Å². The van der Waals surface area contributed by atoms with E-state index in [0.29, 0.717) is 0 Å². The van der Waals surface area contributed by atoms with E-state index in [0.717, 1.165) is 5.56 Å². The van der Waals surface area contributed by atoms with Crippen LogP contribution in [0.1, 0.15) is 18.6 Å². The molecule has 2 N–H and O–H groups in total. The van der Waals surface area contributed by atoms with E-state index in [1.54, 1.807) is 19.1 Å². The molecule has 2 heteroatoms. The maximum absolute atomic E-state index is 9.35. The number of aliphatic hydroxyl groups excluding tert-OH is 2. The van der Waals surface area contributed by atoms with E-state index in [1.165, 1.54) is 0 Å². The monoisotopic (exact) mass is 152 g/mol. The van der Waals surface area contributed by atoms with Gasteiger partial charge in [0.25, 0.3) is 0 Å². The Balaban J connectivity index is 2.77. The van der Waals surface area contributed by atoms with Crippen molar-refractivity contribution in [3.8, 4) is 0 Å². The van der Waals surface area contributed by atoms with E-state index in [-0.39, 0.29) is 0 Å². The highest BCUT2D eigenvalue weighted by molar-refractivity contribution is 5.17. The molecule has 2 atom stereocenters. The fourth-order valence-electron chi connectivity index (χ4n) is 0.929. The quantitative estimate of drug-likeness (QED) is 0.666. The highest BCUT2D eigenvalue weighted by atomic mass is 16.3. The van der Waals surface area contributed by atoms with Gasteiger partial charge in [0.1, 0.15) is 6.10 Å². The molecule has 1 aromatic carbocycles. The predicted octanol–water partition coefficient (Wildman–Crippen LogP) is 1.10. The molecule has 0 spiro atoms. The Hall–Kier alpha value is -0.860. The number of rotatable bonds is 2. The Labute approximate surface area is 66.1 Å². The lowest BCUT2D eigenvalue weighted by Gasteiger charge is -2.12. The number of benzene rings is 1. The molecule has 0 radical (unpaired) electrons. The van der Waals surface area contributed by atoms with Crippen LogP contribution in [0.4, 0.5) is 0 Å². The van der Waals surface area contributed by atoms with Crippen molar-refractivity contribution < 1.29 is 10.2 Å². The molecule has 60 valence electrons. The van der Waals surface area contributed by atoms with Gasteiger partial charge in [-0.3, -0.25) is 0 Å². The molecule has 0 saturated heterocycles. The van der Waals surface area contributed by atoms with Crippen LogP contribution in [0, 0.1) is 0 Å². The lowest BCUT2D eigenvalue weighted by molar-refractivity contribution is 0.0305. The Bertz CT molecular complexity index is 206. The van der Waals surface area contributed by atoms with E-state index in [4.69, 9.17) is 5.11 Å². The second-order valence-electron chi connectivity index (χ2n) is 2.60. The molecule has 0 aliphatic rings. The Morgan fingerprint density at radius 3 is 2.09 bits per heavy atom. The molecule has 0 aliphatic carbocycles. The Morgan fingerprint density at radius 2 is 1.64 bits per heavy atom. The van der Waals surface area contributed by atoms with Crippen molar-refractivity contribution in [3.63, 3.8) is 0 Å². The third-order valence-electron chi connectivity index (χ3n) is 1.60. The summed E-state index contributed by atoms with van der Waals surface area (Å²) >= 11 is 0. The van der Waals surface area contributed by atoms with Crippen LogP contribution in [0.15, 0.2) is 30.3 Å². The molecular weight excluding hydrogens is 140 g/mol. The van der Waals surface area contributed by atoms with Gasteiger partial charge in [-0.05, 0) is 12.5 Å². The summed E-state index contributed by atoms with van der Waals surface area (Å²) in [6.45, 7) is 1.57. The van der Waals surface area contributed by atoms with E-state index in [9.17, 15) is 5.11 Å². The fraction of sp³-hybridized carbons (Fsp3) is 0.333. The summed E-state index contributed by atoms with van der Waals surface area (Å²) in [5.41, 5.74) is 0.752. The summed E-state index contributed by atoms with van der Waals surface area (Å²) in [4.78, 5) is 0. The zero-order valence-corrected chi connectivity index (χ0v) is 6.44. The normalized spacial score (nSPS) is 15.9. The van der Waals surface area contributed by atoms with Crippen molar-refractivity contribution in [1.29, 1.82) is 0 Å². The maximum Gasteiger partial charge on any atom is 0.105 e. The van der Waals surface area contributed by atoms with Gasteiger partial charge in [0, 0.05) is 0 Å². The lowest BCUT2D eigenvalue weighted by atomic mass is 10.1. The minimum Gasteiger partial charge on any atom is -0.390 e. The van der Waals surface area contributed by atoms with Crippen LogP contribution < -0.4 is 0 Å². The third kappa shape index (κ3) is 2.03. The van der Waals surface area contributed by atoms with Crippen molar-refractivity contribution in [1.82, 2.24) is 0 Å².